The van der Waals surface area contributed by atoms with Crippen molar-refractivity contribution in [2.75, 3.05) is 0 Å². The average molecular weight is 237 g/mol. The van der Waals surface area contributed by atoms with E-state index in [2.05, 4.69) is 0 Å². The van der Waals surface area contributed by atoms with Crippen LogP contribution in [-0.4, -0.2) is 5.78 Å². The average Bonchev–Trinajstić information content (AvgIpc) is 2.19. The van der Waals surface area contributed by atoms with E-state index in [4.69, 9.17) is 16.0 Å². The Morgan fingerprint density at radius 2 is 2.12 bits per heavy atom. The molecule has 0 aliphatic carbocycles. The van der Waals surface area contributed by atoms with Crippen LogP contribution in [0.4, 0.5) is 0 Å². The summed E-state index contributed by atoms with van der Waals surface area (Å²) in [6.07, 6.45) is 0.0881. The predicted octanol–water partition coefficient (Wildman–Crippen LogP) is 2.58. The third-order valence-corrected chi connectivity index (χ3v) is 2.44. The standard InChI is InChI=1S/C12H9ClO3/c1-7(14)4-9-5-8-6-10(13)2-3-11(8)16-12(9)15/h2-3,5-6H,4H2,1H3. The fraction of sp³-hybridized carbons (Fsp3) is 0.167. The number of benzene rings is 1. The van der Waals surface area contributed by atoms with E-state index in [1.54, 1.807) is 24.3 Å². The first-order valence-electron chi connectivity index (χ1n) is 4.78. The maximum Gasteiger partial charge on any atom is 0.339 e. The lowest BCUT2D eigenvalue weighted by Crippen LogP contribution is -2.10. The van der Waals surface area contributed by atoms with Gasteiger partial charge in [0.1, 0.15) is 11.4 Å². The zero-order valence-corrected chi connectivity index (χ0v) is 9.38. The molecule has 0 N–H and O–H groups in total. The second kappa shape index (κ2) is 4.10. The molecule has 0 saturated heterocycles. The Bertz CT molecular complexity index is 613. The van der Waals surface area contributed by atoms with Gasteiger partial charge in [-0.05, 0) is 31.2 Å². The molecule has 82 valence electrons. The molecule has 16 heavy (non-hydrogen) atoms. The van der Waals surface area contributed by atoms with Gasteiger partial charge in [-0.3, -0.25) is 4.79 Å². The maximum absolute atomic E-state index is 11.5. The largest absolute Gasteiger partial charge is 0.423 e. The van der Waals surface area contributed by atoms with E-state index in [9.17, 15) is 9.59 Å². The molecule has 0 spiro atoms. The van der Waals surface area contributed by atoms with Crippen LogP contribution in [0.15, 0.2) is 33.5 Å². The molecule has 2 aromatic rings. The van der Waals surface area contributed by atoms with Crippen LogP contribution in [0.3, 0.4) is 0 Å². The monoisotopic (exact) mass is 236 g/mol. The molecule has 4 heteroatoms. The molecule has 1 heterocycles. The highest BCUT2D eigenvalue weighted by Crippen LogP contribution is 2.18. The van der Waals surface area contributed by atoms with Crippen molar-refractivity contribution < 1.29 is 9.21 Å². The lowest BCUT2D eigenvalue weighted by Gasteiger charge is -2.00. The van der Waals surface area contributed by atoms with Gasteiger partial charge in [-0.15, -0.1) is 0 Å². The molecule has 3 nitrogen and oxygen atoms in total. The minimum atomic E-state index is -0.468. The molecule has 0 radical (unpaired) electrons. The number of hydrogen-bond donors (Lipinski definition) is 0. The first kappa shape index (κ1) is 10.9. The number of rotatable bonds is 2. The Morgan fingerprint density at radius 1 is 1.38 bits per heavy atom. The van der Waals surface area contributed by atoms with Crippen molar-refractivity contribution in [2.45, 2.75) is 13.3 Å². The van der Waals surface area contributed by atoms with Gasteiger partial charge in [-0.1, -0.05) is 11.6 Å². The highest BCUT2D eigenvalue weighted by Gasteiger charge is 2.07. The van der Waals surface area contributed by atoms with Crippen LogP contribution >= 0.6 is 11.6 Å². The van der Waals surface area contributed by atoms with Gasteiger partial charge < -0.3 is 4.42 Å². The number of carbonyl (C=O) groups excluding carboxylic acids is 1. The van der Waals surface area contributed by atoms with Crippen LogP contribution < -0.4 is 5.63 Å². The highest BCUT2D eigenvalue weighted by atomic mass is 35.5. The zero-order valence-electron chi connectivity index (χ0n) is 8.62. The van der Waals surface area contributed by atoms with Crippen molar-refractivity contribution in [2.24, 2.45) is 0 Å². The molecule has 0 fully saturated rings. The van der Waals surface area contributed by atoms with Crippen molar-refractivity contribution in [1.29, 1.82) is 0 Å². The summed E-state index contributed by atoms with van der Waals surface area (Å²) in [6, 6.07) is 6.63. The molecule has 0 amide bonds. The van der Waals surface area contributed by atoms with Gasteiger partial charge in [0, 0.05) is 22.4 Å². The Morgan fingerprint density at radius 3 is 2.81 bits per heavy atom. The lowest BCUT2D eigenvalue weighted by atomic mass is 10.1. The summed E-state index contributed by atoms with van der Waals surface area (Å²) >= 11 is 5.83. The first-order valence-corrected chi connectivity index (χ1v) is 5.16. The van der Waals surface area contributed by atoms with Crippen LogP contribution in [0.25, 0.3) is 11.0 Å². The van der Waals surface area contributed by atoms with E-state index in [1.165, 1.54) is 6.92 Å². The summed E-state index contributed by atoms with van der Waals surface area (Å²) < 4.78 is 5.08. The number of fused-ring (bicyclic) bond motifs is 1. The number of Topliss-reactive ketones (excluding diaryl/α,β-unsaturated/α-hetero) is 1. The van der Waals surface area contributed by atoms with Crippen LogP contribution in [0, 0.1) is 0 Å². The first-order chi connectivity index (χ1) is 7.56. The van der Waals surface area contributed by atoms with E-state index in [1.807, 2.05) is 0 Å². The molecule has 0 unspecified atom stereocenters. The SMILES string of the molecule is CC(=O)Cc1cc2cc(Cl)ccc2oc1=O. The molecule has 0 saturated carbocycles. The normalized spacial score (nSPS) is 10.6. The number of carbonyl (C=O) groups is 1. The van der Waals surface area contributed by atoms with Gasteiger partial charge in [0.2, 0.25) is 0 Å². The van der Waals surface area contributed by atoms with Crippen molar-refractivity contribution in [3.63, 3.8) is 0 Å². The van der Waals surface area contributed by atoms with E-state index < -0.39 is 5.63 Å². The molecule has 1 aromatic carbocycles. The van der Waals surface area contributed by atoms with Crippen molar-refractivity contribution >= 4 is 28.4 Å². The smallest absolute Gasteiger partial charge is 0.339 e. The van der Waals surface area contributed by atoms with E-state index in [0.717, 1.165) is 5.39 Å². The molecule has 0 bridgehead atoms. The van der Waals surface area contributed by atoms with E-state index >= 15 is 0 Å². The molecular formula is C12H9ClO3. The lowest BCUT2D eigenvalue weighted by molar-refractivity contribution is -0.116. The summed E-state index contributed by atoms with van der Waals surface area (Å²) in [5.74, 6) is -0.0753. The van der Waals surface area contributed by atoms with Crippen molar-refractivity contribution in [1.82, 2.24) is 0 Å². The second-order valence-electron chi connectivity index (χ2n) is 3.62. The van der Waals surface area contributed by atoms with Gasteiger partial charge in [0.15, 0.2) is 0 Å². The Labute approximate surface area is 96.6 Å². The van der Waals surface area contributed by atoms with Crippen LogP contribution in [0.2, 0.25) is 5.02 Å². The third-order valence-electron chi connectivity index (χ3n) is 2.21. The van der Waals surface area contributed by atoms with Gasteiger partial charge in [0.25, 0.3) is 0 Å². The summed E-state index contributed by atoms with van der Waals surface area (Å²) in [6.45, 7) is 1.43. The van der Waals surface area contributed by atoms with E-state index in [0.29, 0.717) is 16.2 Å². The topological polar surface area (TPSA) is 47.3 Å². The Kier molecular flexibility index (Phi) is 2.79. The quantitative estimate of drug-likeness (QED) is 0.753. The summed E-state index contributed by atoms with van der Waals surface area (Å²) in [5.41, 5.74) is 0.369. The Balaban J connectivity index is 2.64. The molecule has 0 atom stereocenters. The zero-order chi connectivity index (χ0) is 11.7. The fourth-order valence-corrected chi connectivity index (χ4v) is 1.71. The van der Waals surface area contributed by atoms with Crippen molar-refractivity contribution in [3.05, 3.63) is 45.3 Å². The molecule has 0 aliphatic heterocycles. The minimum Gasteiger partial charge on any atom is -0.423 e. The van der Waals surface area contributed by atoms with E-state index in [-0.39, 0.29) is 12.2 Å². The van der Waals surface area contributed by atoms with Crippen LogP contribution in [0.1, 0.15) is 12.5 Å². The maximum atomic E-state index is 11.5. The predicted molar refractivity (Wildman–Crippen MR) is 61.9 cm³/mol. The number of ketones is 1. The highest BCUT2D eigenvalue weighted by molar-refractivity contribution is 6.31. The molecular weight excluding hydrogens is 228 g/mol. The van der Waals surface area contributed by atoms with Crippen LogP contribution in [-0.2, 0) is 11.2 Å². The fourth-order valence-electron chi connectivity index (χ4n) is 1.53. The summed E-state index contributed by atoms with van der Waals surface area (Å²) in [7, 11) is 0. The third kappa shape index (κ3) is 2.14. The Hall–Kier alpha value is -1.61. The van der Waals surface area contributed by atoms with Gasteiger partial charge in [0.05, 0.1) is 0 Å². The minimum absolute atomic E-state index is 0.0753. The molecule has 1 aromatic heterocycles. The van der Waals surface area contributed by atoms with Gasteiger partial charge in [-0.25, -0.2) is 4.79 Å². The summed E-state index contributed by atoms with van der Waals surface area (Å²) in [4.78, 5) is 22.5. The molecule has 0 aliphatic rings. The number of halogens is 1. The van der Waals surface area contributed by atoms with Crippen molar-refractivity contribution in [3.8, 4) is 0 Å². The summed E-state index contributed by atoms with van der Waals surface area (Å²) in [5, 5.41) is 1.29. The second-order valence-corrected chi connectivity index (χ2v) is 4.06. The van der Waals surface area contributed by atoms with Gasteiger partial charge >= 0.3 is 5.63 Å². The molecule has 2 rings (SSSR count). The van der Waals surface area contributed by atoms with Crippen LogP contribution in [0.5, 0.6) is 0 Å². The number of hydrogen-bond acceptors (Lipinski definition) is 3. The van der Waals surface area contributed by atoms with Gasteiger partial charge in [-0.2, -0.15) is 0 Å².